The second-order valence-electron chi connectivity index (χ2n) is 5.00. The van der Waals surface area contributed by atoms with Crippen LogP contribution >= 0.6 is 11.6 Å². The minimum atomic E-state index is -0.135. The molecule has 1 saturated heterocycles. The van der Waals surface area contributed by atoms with Crippen molar-refractivity contribution in [3.63, 3.8) is 0 Å². The van der Waals surface area contributed by atoms with Crippen LogP contribution in [0, 0.1) is 0 Å². The van der Waals surface area contributed by atoms with Crippen molar-refractivity contribution in [3.8, 4) is 11.5 Å². The van der Waals surface area contributed by atoms with Crippen molar-refractivity contribution in [2.24, 2.45) is 0 Å². The molecular formula is C14H17ClN2O3. The lowest BCUT2D eigenvalue weighted by molar-refractivity contribution is 0.0949. The number of nitrogens with one attached hydrogen (secondary N) is 1. The van der Waals surface area contributed by atoms with Crippen molar-refractivity contribution < 1.29 is 14.3 Å². The molecule has 20 heavy (non-hydrogen) atoms. The van der Waals surface area contributed by atoms with E-state index < -0.39 is 0 Å². The maximum Gasteiger partial charge on any atom is 0.251 e. The largest absolute Gasteiger partial charge is 0.454 e. The monoisotopic (exact) mass is 296 g/mol. The zero-order chi connectivity index (χ0) is 13.9. The van der Waals surface area contributed by atoms with Crippen molar-refractivity contribution in [1.82, 2.24) is 10.2 Å². The zero-order valence-corrected chi connectivity index (χ0v) is 11.9. The molecule has 1 N–H and O–H groups in total. The Morgan fingerprint density at radius 1 is 1.30 bits per heavy atom. The Labute approximate surface area is 122 Å². The summed E-state index contributed by atoms with van der Waals surface area (Å²) in [5, 5.41) is 3.32. The lowest BCUT2D eigenvalue weighted by Gasteiger charge is -2.14. The third kappa shape index (κ3) is 2.83. The van der Waals surface area contributed by atoms with Gasteiger partial charge in [-0.05, 0) is 38.1 Å². The third-order valence-electron chi connectivity index (χ3n) is 3.60. The van der Waals surface area contributed by atoms with E-state index in [1.54, 1.807) is 12.1 Å². The summed E-state index contributed by atoms with van der Waals surface area (Å²) in [7, 11) is 0. The number of hydrogen-bond acceptors (Lipinski definition) is 4. The van der Waals surface area contributed by atoms with Gasteiger partial charge in [0.15, 0.2) is 11.5 Å². The van der Waals surface area contributed by atoms with E-state index in [1.807, 2.05) is 0 Å². The quantitative estimate of drug-likeness (QED) is 0.922. The van der Waals surface area contributed by atoms with Crippen LogP contribution in [0.15, 0.2) is 12.1 Å². The fourth-order valence-corrected chi connectivity index (χ4v) is 2.80. The van der Waals surface area contributed by atoms with Gasteiger partial charge in [0.1, 0.15) is 0 Å². The molecule has 0 unspecified atom stereocenters. The molecule has 0 aliphatic carbocycles. The Kier molecular flexibility index (Phi) is 3.98. The zero-order valence-electron chi connectivity index (χ0n) is 11.2. The molecule has 108 valence electrons. The Balaban J connectivity index is 1.58. The van der Waals surface area contributed by atoms with Gasteiger partial charge in [-0.3, -0.25) is 4.79 Å². The first-order valence-corrected chi connectivity index (χ1v) is 7.21. The Bertz CT molecular complexity index is 515. The molecule has 2 aliphatic rings. The van der Waals surface area contributed by atoms with Gasteiger partial charge in [0.05, 0.1) is 5.02 Å². The summed E-state index contributed by atoms with van der Waals surface area (Å²) in [6.45, 7) is 3.95. The van der Waals surface area contributed by atoms with Crippen LogP contribution in [-0.2, 0) is 0 Å². The lowest BCUT2D eigenvalue weighted by atomic mass is 10.2. The average molecular weight is 297 g/mol. The molecule has 0 aromatic heterocycles. The standard InChI is InChI=1S/C14H17ClN2O3/c15-11-7-10(8-12-13(11)20-9-19-12)14(18)16-3-6-17-4-1-2-5-17/h7-8H,1-6,9H2,(H,16,18). The van der Waals surface area contributed by atoms with Crippen LogP contribution in [0.3, 0.4) is 0 Å². The van der Waals surface area contributed by atoms with Gasteiger partial charge < -0.3 is 19.7 Å². The number of carbonyl (C=O) groups excluding carboxylic acids is 1. The van der Waals surface area contributed by atoms with Gasteiger partial charge in [-0.25, -0.2) is 0 Å². The molecule has 0 radical (unpaired) electrons. The second-order valence-corrected chi connectivity index (χ2v) is 5.40. The SMILES string of the molecule is O=C(NCCN1CCCC1)c1cc(Cl)c2c(c1)OCO2. The summed E-state index contributed by atoms with van der Waals surface area (Å²) in [6, 6.07) is 3.28. The van der Waals surface area contributed by atoms with Crippen LogP contribution in [0.4, 0.5) is 0 Å². The summed E-state index contributed by atoms with van der Waals surface area (Å²) in [4.78, 5) is 14.4. The van der Waals surface area contributed by atoms with E-state index in [0.29, 0.717) is 28.6 Å². The van der Waals surface area contributed by atoms with Gasteiger partial charge in [0, 0.05) is 18.7 Å². The number of hydrogen-bond donors (Lipinski definition) is 1. The summed E-state index contributed by atoms with van der Waals surface area (Å²) < 4.78 is 10.5. The fourth-order valence-electron chi connectivity index (χ4n) is 2.53. The molecule has 0 bridgehead atoms. The van der Waals surface area contributed by atoms with Gasteiger partial charge >= 0.3 is 0 Å². The summed E-state index contributed by atoms with van der Waals surface area (Å²) >= 11 is 6.06. The van der Waals surface area contributed by atoms with Gasteiger partial charge in [0.2, 0.25) is 6.79 Å². The highest BCUT2D eigenvalue weighted by atomic mass is 35.5. The summed E-state index contributed by atoms with van der Waals surface area (Å²) in [6.07, 6.45) is 2.51. The van der Waals surface area contributed by atoms with Crippen LogP contribution in [0.25, 0.3) is 0 Å². The molecule has 0 atom stereocenters. The highest BCUT2D eigenvalue weighted by Gasteiger charge is 2.20. The van der Waals surface area contributed by atoms with Gasteiger partial charge in [-0.2, -0.15) is 0 Å². The second kappa shape index (κ2) is 5.89. The topological polar surface area (TPSA) is 50.8 Å². The number of amides is 1. The Hall–Kier alpha value is -1.46. The Morgan fingerprint density at radius 3 is 2.90 bits per heavy atom. The summed E-state index contributed by atoms with van der Waals surface area (Å²) in [5.41, 5.74) is 0.501. The van der Waals surface area contributed by atoms with Crippen LogP contribution in [0.1, 0.15) is 23.2 Å². The molecule has 2 aliphatic heterocycles. The van der Waals surface area contributed by atoms with E-state index in [0.717, 1.165) is 19.6 Å². The molecule has 6 heteroatoms. The van der Waals surface area contributed by atoms with Gasteiger partial charge in [-0.1, -0.05) is 11.6 Å². The van der Waals surface area contributed by atoms with Crippen molar-refractivity contribution in [3.05, 3.63) is 22.7 Å². The maximum absolute atomic E-state index is 12.1. The molecule has 3 rings (SSSR count). The number of fused-ring (bicyclic) bond motifs is 1. The first-order valence-electron chi connectivity index (χ1n) is 6.84. The van der Waals surface area contributed by atoms with Crippen molar-refractivity contribution in [1.29, 1.82) is 0 Å². The predicted molar refractivity (Wildman–Crippen MR) is 75.6 cm³/mol. The smallest absolute Gasteiger partial charge is 0.251 e. The lowest BCUT2D eigenvalue weighted by Crippen LogP contribution is -2.33. The molecular weight excluding hydrogens is 280 g/mol. The first-order chi connectivity index (χ1) is 9.74. The molecule has 5 nitrogen and oxygen atoms in total. The van der Waals surface area contributed by atoms with E-state index in [9.17, 15) is 4.79 Å². The molecule has 0 spiro atoms. The molecule has 1 fully saturated rings. The predicted octanol–water partition coefficient (Wildman–Crippen LogP) is 1.89. The number of halogens is 1. The van der Waals surface area contributed by atoms with Crippen molar-refractivity contribution in [2.75, 3.05) is 33.0 Å². The first kappa shape index (κ1) is 13.5. The van der Waals surface area contributed by atoms with Gasteiger partial charge in [0.25, 0.3) is 5.91 Å². The number of carbonyl (C=O) groups is 1. The van der Waals surface area contributed by atoms with E-state index in [4.69, 9.17) is 21.1 Å². The van der Waals surface area contributed by atoms with E-state index in [1.165, 1.54) is 12.8 Å². The van der Waals surface area contributed by atoms with Gasteiger partial charge in [-0.15, -0.1) is 0 Å². The van der Waals surface area contributed by atoms with Crippen LogP contribution in [0.2, 0.25) is 5.02 Å². The number of ether oxygens (including phenoxy) is 2. The molecule has 1 aromatic carbocycles. The normalized spacial score (nSPS) is 17.4. The number of benzene rings is 1. The average Bonchev–Trinajstić information content (AvgIpc) is 3.08. The van der Waals surface area contributed by atoms with Crippen LogP contribution in [-0.4, -0.2) is 43.8 Å². The van der Waals surface area contributed by atoms with Crippen LogP contribution in [0.5, 0.6) is 11.5 Å². The number of rotatable bonds is 4. The number of nitrogens with zero attached hydrogens (tertiary/aromatic N) is 1. The maximum atomic E-state index is 12.1. The van der Waals surface area contributed by atoms with E-state index in [-0.39, 0.29) is 12.7 Å². The van der Waals surface area contributed by atoms with Crippen LogP contribution < -0.4 is 14.8 Å². The number of likely N-dealkylation sites (tertiary alicyclic amines) is 1. The Morgan fingerprint density at radius 2 is 2.10 bits per heavy atom. The molecule has 2 heterocycles. The van der Waals surface area contributed by atoms with E-state index in [2.05, 4.69) is 10.2 Å². The van der Waals surface area contributed by atoms with Crippen molar-refractivity contribution >= 4 is 17.5 Å². The minimum absolute atomic E-state index is 0.135. The minimum Gasteiger partial charge on any atom is -0.454 e. The fraction of sp³-hybridized carbons (Fsp3) is 0.500. The van der Waals surface area contributed by atoms with E-state index >= 15 is 0 Å². The molecule has 0 saturated carbocycles. The molecule has 1 aromatic rings. The highest BCUT2D eigenvalue weighted by Crippen LogP contribution is 2.39. The summed E-state index contributed by atoms with van der Waals surface area (Å²) in [5.74, 6) is 0.909. The highest BCUT2D eigenvalue weighted by molar-refractivity contribution is 6.32. The third-order valence-corrected chi connectivity index (χ3v) is 3.88. The molecule has 1 amide bonds. The van der Waals surface area contributed by atoms with Crippen molar-refractivity contribution in [2.45, 2.75) is 12.8 Å².